The predicted octanol–water partition coefficient (Wildman–Crippen LogP) is 2.55. The van der Waals surface area contributed by atoms with E-state index in [1.54, 1.807) is 6.92 Å². The van der Waals surface area contributed by atoms with Crippen LogP contribution >= 0.6 is 0 Å². The minimum Gasteiger partial charge on any atom is -0.480 e. The number of hydrogen-bond donors (Lipinski definition) is 3. The second-order valence-electron chi connectivity index (χ2n) is 4.95. The number of aliphatic carboxylic acids is 1. The molecule has 0 radical (unpaired) electrons. The third-order valence-corrected chi connectivity index (χ3v) is 3.41. The molecule has 0 heterocycles. The zero-order chi connectivity index (χ0) is 15.1. The van der Waals surface area contributed by atoms with Gasteiger partial charge in [-0.2, -0.15) is 0 Å². The molecule has 110 valence electrons. The predicted molar refractivity (Wildman–Crippen MR) is 77.4 cm³/mol. The molecule has 0 aliphatic carbocycles. The minimum atomic E-state index is -1.01. The van der Waals surface area contributed by atoms with E-state index in [1.807, 2.05) is 44.2 Å². The summed E-state index contributed by atoms with van der Waals surface area (Å²) in [5.74, 6) is -1.13. The Morgan fingerprint density at radius 1 is 1.15 bits per heavy atom. The number of carboxylic acids is 1. The van der Waals surface area contributed by atoms with Crippen LogP contribution in [0.2, 0.25) is 0 Å². The van der Waals surface area contributed by atoms with Gasteiger partial charge < -0.3 is 15.7 Å². The van der Waals surface area contributed by atoms with Gasteiger partial charge in [0.2, 0.25) is 0 Å². The third-order valence-electron chi connectivity index (χ3n) is 3.41. The van der Waals surface area contributed by atoms with Gasteiger partial charge in [0, 0.05) is 0 Å². The van der Waals surface area contributed by atoms with Crippen molar-refractivity contribution >= 4 is 12.0 Å². The van der Waals surface area contributed by atoms with Gasteiger partial charge >= 0.3 is 12.0 Å². The summed E-state index contributed by atoms with van der Waals surface area (Å²) in [6.07, 6.45) is 0.686. The molecule has 0 saturated heterocycles. The zero-order valence-electron chi connectivity index (χ0n) is 12.1. The number of carbonyl (C=O) groups excluding carboxylic acids is 1. The molecule has 1 unspecified atom stereocenters. The van der Waals surface area contributed by atoms with E-state index in [0.717, 1.165) is 5.56 Å². The Kier molecular flexibility index (Phi) is 6.03. The first-order valence-electron chi connectivity index (χ1n) is 6.80. The number of carbonyl (C=O) groups is 2. The third kappa shape index (κ3) is 4.57. The summed E-state index contributed by atoms with van der Waals surface area (Å²) in [4.78, 5) is 23.0. The number of urea groups is 1. The zero-order valence-corrected chi connectivity index (χ0v) is 12.1. The second-order valence-corrected chi connectivity index (χ2v) is 4.95. The van der Waals surface area contributed by atoms with Crippen molar-refractivity contribution in [2.75, 3.05) is 0 Å². The van der Waals surface area contributed by atoms with Crippen LogP contribution in [0.5, 0.6) is 0 Å². The summed E-state index contributed by atoms with van der Waals surface area (Å²) in [5, 5.41) is 14.4. The van der Waals surface area contributed by atoms with Crippen molar-refractivity contribution in [3.05, 3.63) is 35.9 Å². The molecule has 0 aliphatic rings. The molecule has 1 rings (SSSR count). The Morgan fingerprint density at radius 2 is 1.75 bits per heavy atom. The molecule has 1 aromatic carbocycles. The van der Waals surface area contributed by atoms with Crippen LogP contribution in [-0.2, 0) is 4.79 Å². The summed E-state index contributed by atoms with van der Waals surface area (Å²) in [6, 6.07) is 8.00. The van der Waals surface area contributed by atoms with E-state index in [9.17, 15) is 9.59 Å². The molecule has 0 fully saturated rings. The Balaban J connectivity index is 2.60. The summed E-state index contributed by atoms with van der Waals surface area (Å²) < 4.78 is 0. The lowest BCUT2D eigenvalue weighted by atomic mass is 9.99. The highest BCUT2D eigenvalue weighted by atomic mass is 16.4. The smallest absolute Gasteiger partial charge is 0.326 e. The van der Waals surface area contributed by atoms with Gasteiger partial charge in [0.25, 0.3) is 0 Å². The summed E-state index contributed by atoms with van der Waals surface area (Å²) in [7, 11) is 0. The molecule has 0 spiro atoms. The van der Waals surface area contributed by atoms with Crippen LogP contribution in [0.3, 0.4) is 0 Å². The minimum absolute atomic E-state index is 0.120. The van der Waals surface area contributed by atoms with Crippen molar-refractivity contribution in [1.82, 2.24) is 10.6 Å². The van der Waals surface area contributed by atoms with Crippen LogP contribution in [0.1, 0.15) is 38.8 Å². The van der Waals surface area contributed by atoms with Gasteiger partial charge in [-0.1, -0.05) is 50.6 Å². The molecular weight excluding hydrogens is 256 g/mol. The van der Waals surface area contributed by atoms with Crippen LogP contribution in [0.4, 0.5) is 4.79 Å². The molecule has 0 aliphatic heterocycles. The normalized spacial score (nSPS) is 14.9. The van der Waals surface area contributed by atoms with Gasteiger partial charge in [0.05, 0.1) is 6.04 Å². The summed E-state index contributed by atoms with van der Waals surface area (Å²) in [5.41, 5.74) is 0.970. The maximum Gasteiger partial charge on any atom is 0.326 e. The van der Waals surface area contributed by atoms with Gasteiger partial charge in [-0.15, -0.1) is 0 Å². The van der Waals surface area contributed by atoms with Crippen molar-refractivity contribution in [3.8, 4) is 0 Å². The standard InChI is InChI=1S/C15H22N2O3/c1-4-10(2)13(14(18)19)17-15(20)16-11(3)12-8-6-5-7-9-12/h5-11,13H,4H2,1-3H3,(H,18,19)(H2,16,17,20)/t10-,11?,13-/m0/s1. The lowest BCUT2D eigenvalue weighted by Crippen LogP contribution is -2.49. The van der Waals surface area contributed by atoms with Gasteiger partial charge in [0.1, 0.15) is 6.04 Å². The van der Waals surface area contributed by atoms with Crippen molar-refractivity contribution in [1.29, 1.82) is 0 Å². The lowest BCUT2D eigenvalue weighted by Gasteiger charge is -2.22. The van der Waals surface area contributed by atoms with Gasteiger partial charge in [-0.3, -0.25) is 0 Å². The first kappa shape index (κ1) is 16.0. The maximum atomic E-state index is 11.9. The monoisotopic (exact) mass is 278 g/mol. The molecule has 20 heavy (non-hydrogen) atoms. The molecule has 5 nitrogen and oxygen atoms in total. The van der Waals surface area contributed by atoms with E-state index in [-0.39, 0.29) is 12.0 Å². The topological polar surface area (TPSA) is 78.4 Å². The molecule has 1 aromatic rings. The number of amides is 2. The molecular formula is C15H22N2O3. The molecule has 5 heteroatoms. The Morgan fingerprint density at radius 3 is 2.25 bits per heavy atom. The molecule has 3 N–H and O–H groups in total. The number of rotatable bonds is 6. The SMILES string of the molecule is CC[C@H](C)[C@H](NC(=O)NC(C)c1ccccc1)C(=O)O. The van der Waals surface area contributed by atoms with Crippen molar-refractivity contribution in [2.45, 2.75) is 39.3 Å². The van der Waals surface area contributed by atoms with Gasteiger partial charge in [-0.05, 0) is 18.4 Å². The molecule has 0 aromatic heterocycles. The fraction of sp³-hybridized carbons (Fsp3) is 0.467. The fourth-order valence-corrected chi connectivity index (χ4v) is 1.89. The Hall–Kier alpha value is -2.04. The van der Waals surface area contributed by atoms with E-state index < -0.39 is 18.0 Å². The highest BCUT2D eigenvalue weighted by Gasteiger charge is 2.25. The van der Waals surface area contributed by atoms with Crippen molar-refractivity contribution in [3.63, 3.8) is 0 Å². The van der Waals surface area contributed by atoms with Crippen LogP contribution in [-0.4, -0.2) is 23.1 Å². The highest BCUT2D eigenvalue weighted by molar-refractivity contribution is 5.82. The lowest BCUT2D eigenvalue weighted by molar-refractivity contribution is -0.140. The highest BCUT2D eigenvalue weighted by Crippen LogP contribution is 2.12. The second kappa shape index (κ2) is 7.53. The summed E-state index contributed by atoms with van der Waals surface area (Å²) in [6.45, 7) is 5.56. The summed E-state index contributed by atoms with van der Waals surface area (Å²) >= 11 is 0. The quantitative estimate of drug-likeness (QED) is 0.748. The first-order valence-corrected chi connectivity index (χ1v) is 6.80. The van der Waals surface area contributed by atoms with Gasteiger partial charge in [-0.25, -0.2) is 9.59 Å². The van der Waals surface area contributed by atoms with Crippen molar-refractivity contribution < 1.29 is 14.7 Å². The average molecular weight is 278 g/mol. The van der Waals surface area contributed by atoms with Crippen LogP contribution < -0.4 is 10.6 Å². The van der Waals surface area contributed by atoms with E-state index in [4.69, 9.17) is 5.11 Å². The van der Waals surface area contributed by atoms with E-state index in [1.165, 1.54) is 0 Å². The van der Waals surface area contributed by atoms with E-state index in [0.29, 0.717) is 6.42 Å². The number of carboxylic acid groups (broad SMARTS) is 1. The van der Waals surface area contributed by atoms with Crippen LogP contribution in [0.25, 0.3) is 0 Å². The Labute approximate surface area is 119 Å². The first-order chi connectivity index (χ1) is 9.45. The molecule has 2 amide bonds. The number of hydrogen-bond acceptors (Lipinski definition) is 2. The van der Waals surface area contributed by atoms with E-state index >= 15 is 0 Å². The largest absolute Gasteiger partial charge is 0.480 e. The fourth-order valence-electron chi connectivity index (χ4n) is 1.89. The van der Waals surface area contributed by atoms with Crippen LogP contribution in [0, 0.1) is 5.92 Å². The van der Waals surface area contributed by atoms with Crippen LogP contribution in [0.15, 0.2) is 30.3 Å². The molecule has 0 bridgehead atoms. The molecule has 0 saturated carbocycles. The maximum absolute atomic E-state index is 11.9. The molecule has 3 atom stereocenters. The Bertz CT molecular complexity index is 448. The van der Waals surface area contributed by atoms with E-state index in [2.05, 4.69) is 10.6 Å². The number of nitrogens with one attached hydrogen (secondary N) is 2. The number of benzene rings is 1. The average Bonchev–Trinajstić information content (AvgIpc) is 2.44. The van der Waals surface area contributed by atoms with Crippen molar-refractivity contribution in [2.24, 2.45) is 5.92 Å². The van der Waals surface area contributed by atoms with Gasteiger partial charge in [0.15, 0.2) is 0 Å².